The van der Waals surface area contributed by atoms with Gasteiger partial charge in [-0.15, -0.1) is 0 Å². The minimum absolute atomic E-state index is 0.0260. The van der Waals surface area contributed by atoms with Gasteiger partial charge in [-0.3, -0.25) is 4.79 Å². The Morgan fingerprint density at radius 1 is 1.13 bits per heavy atom. The molecule has 15 heavy (non-hydrogen) atoms. The fourth-order valence-corrected chi connectivity index (χ4v) is 4.09. The summed E-state index contributed by atoms with van der Waals surface area (Å²) in [5.41, 5.74) is -0.0260. The molecule has 0 aliphatic heterocycles. The van der Waals surface area contributed by atoms with Crippen molar-refractivity contribution in [1.29, 1.82) is 0 Å². The van der Waals surface area contributed by atoms with E-state index in [1.54, 1.807) is 0 Å². The van der Waals surface area contributed by atoms with Gasteiger partial charge < -0.3 is 0 Å². The summed E-state index contributed by atoms with van der Waals surface area (Å²) in [6.45, 7) is 0. The monoisotopic (exact) mass is 226 g/mol. The predicted molar refractivity (Wildman–Crippen MR) is 66.3 cm³/mol. The van der Waals surface area contributed by atoms with E-state index in [0.29, 0.717) is 11.7 Å². The van der Waals surface area contributed by atoms with Crippen LogP contribution in [-0.2, 0) is 4.79 Å². The van der Waals surface area contributed by atoms with Crippen molar-refractivity contribution >= 4 is 18.4 Å². The van der Waals surface area contributed by atoms with Crippen LogP contribution in [0.2, 0.25) is 0 Å². The number of hydrogen-bond donors (Lipinski definition) is 1. The van der Waals surface area contributed by atoms with Gasteiger partial charge in [-0.1, -0.05) is 25.7 Å². The molecule has 0 radical (unpaired) electrons. The van der Waals surface area contributed by atoms with Gasteiger partial charge in [0.05, 0.1) is 0 Å². The van der Waals surface area contributed by atoms with Gasteiger partial charge in [0, 0.05) is 17.6 Å². The molecule has 2 saturated carbocycles. The predicted octanol–water partition coefficient (Wildman–Crippen LogP) is 3.63. The van der Waals surface area contributed by atoms with E-state index >= 15 is 0 Å². The molecule has 2 fully saturated rings. The first-order valence-electron chi connectivity index (χ1n) is 6.44. The van der Waals surface area contributed by atoms with E-state index in [1.807, 2.05) is 0 Å². The third-order valence-electron chi connectivity index (χ3n) is 4.50. The standard InChI is InChI=1S/C13H22OS/c14-12-8-4-5-9-13(12,10-15)11-6-2-1-3-7-11/h11,15H,1-10H2. The van der Waals surface area contributed by atoms with E-state index in [4.69, 9.17) is 0 Å². The summed E-state index contributed by atoms with van der Waals surface area (Å²) in [6.07, 6.45) is 10.8. The highest BCUT2D eigenvalue weighted by Gasteiger charge is 2.44. The quantitative estimate of drug-likeness (QED) is 0.712. The number of carbonyl (C=O) groups excluding carboxylic acids is 1. The zero-order valence-corrected chi connectivity index (χ0v) is 10.4. The molecule has 0 aromatic heterocycles. The summed E-state index contributed by atoms with van der Waals surface area (Å²) in [7, 11) is 0. The molecule has 1 atom stereocenters. The molecule has 86 valence electrons. The van der Waals surface area contributed by atoms with Crippen molar-refractivity contribution in [2.24, 2.45) is 11.3 Å². The zero-order valence-electron chi connectivity index (χ0n) is 9.50. The molecule has 2 rings (SSSR count). The van der Waals surface area contributed by atoms with Crippen LogP contribution in [0.5, 0.6) is 0 Å². The van der Waals surface area contributed by atoms with Crippen molar-refractivity contribution in [3.05, 3.63) is 0 Å². The maximum absolute atomic E-state index is 12.2. The van der Waals surface area contributed by atoms with Gasteiger partial charge in [-0.05, 0) is 31.6 Å². The van der Waals surface area contributed by atoms with Crippen LogP contribution < -0.4 is 0 Å². The van der Waals surface area contributed by atoms with Gasteiger partial charge >= 0.3 is 0 Å². The molecule has 2 aliphatic carbocycles. The van der Waals surface area contributed by atoms with E-state index < -0.39 is 0 Å². The first kappa shape index (κ1) is 11.5. The summed E-state index contributed by atoms with van der Waals surface area (Å²) in [5.74, 6) is 1.96. The Bertz CT molecular complexity index is 233. The second kappa shape index (κ2) is 4.90. The van der Waals surface area contributed by atoms with Crippen molar-refractivity contribution in [2.45, 2.75) is 57.8 Å². The molecule has 1 unspecified atom stereocenters. The lowest BCUT2D eigenvalue weighted by atomic mass is 9.62. The van der Waals surface area contributed by atoms with E-state index in [2.05, 4.69) is 12.6 Å². The zero-order chi connectivity index (χ0) is 10.7. The topological polar surface area (TPSA) is 17.1 Å². The molecule has 0 spiro atoms. The Morgan fingerprint density at radius 2 is 1.87 bits per heavy atom. The number of carbonyl (C=O) groups is 1. The number of hydrogen-bond acceptors (Lipinski definition) is 2. The highest BCUT2D eigenvalue weighted by atomic mass is 32.1. The van der Waals surface area contributed by atoms with Crippen molar-refractivity contribution in [1.82, 2.24) is 0 Å². The van der Waals surface area contributed by atoms with Crippen LogP contribution in [0.4, 0.5) is 0 Å². The highest BCUT2D eigenvalue weighted by molar-refractivity contribution is 7.80. The summed E-state index contributed by atoms with van der Waals surface area (Å²) in [4.78, 5) is 12.2. The number of ketones is 1. The minimum Gasteiger partial charge on any atom is -0.299 e. The molecule has 0 bridgehead atoms. The van der Waals surface area contributed by atoms with Gasteiger partial charge in [0.2, 0.25) is 0 Å². The molecule has 1 nitrogen and oxygen atoms in total. The molecule has 2 heteroatoms. The Balaban J connectivity index is 2.14. The molecular formula is C13H22OS. The summed E-state index contributed by atoms with van der Waals surface area (Å²) >= 11 is 4.50. The lowest BCUT2D eigenvalue weighted by Crippen LogP contribution is -2.43. The second-order valence-corrected chi connectivity index (χ2v) is 5.60. The first-order valence-corrected chi connectivity index (χ1v) is 7.07. The first-order chi connectivity index (χ1) is 7.29. The third kappa shape index (κ3) is 2.11. The van der Waals surface area contributed by atoms with Crippen molar-refractivity contribution in [3.63, 3.8) is 0 Å². The highest BCUT2D eigenvalue weighted by Crippen LogP contribution is 2.46. The fourth-order valence-electron chi connectivity index (χ4n) is 3.50. The molecule has 0 aromatic rings. The number of thiol groups is 1. The summed E-state index contributed by atoms with van der Waals surface area (Å²) in [5, 5.41) is 0. The molecule has 0 saturated heterocycles. The maximum atomic E-state index is 12.2. The van der Waals surface area contributed by atoms with Crippen LogP contribution in [0.25, 0.3) is 0 Å². The normalized spacial score (nSPS) is 34.3. The van der Waals surface area contributed by atoms with Crippen LogP contribution in [0.3, 0.4) is 0 Å². The van der Waals surface area contributed by atoms with Crippen LogP contribution >= 0.6 is 12.6 Å². The molecule has 0 N–H and O–H groups in total. The largest absolute Gasteiger partial charge is 0.299 e. The summed E-state index contributed by atoms with van der Waals surface area (Å²) in [6, 6.07) is 0. The SMILES string of the molecule is O=C1CCCCC1(CS)C1CCCCC1. The van der Waals surface area contributed by atoms with E-state index in [1.165, 1.54) is 38.5 Å². The van der Waals surface area contributed by atoms with E-state index in [0.717, 1.165) is 25.0 Å². The average molecular weight is 226 g/mol. The maximum Gasteiger partial charge on any atom is 0.140 e. The Morgan fingerprint density at radius 3 is 2.47 bits per heavy atom. The van der Waals surface area contributed by atoms with Crippen LogP contribution in [0, 0.1) is 11.3 Å². The van der Waals surface area contributed by atoms with Gasteiger partial charge in [-0.2, -0.15) is 12.6 Å². The molecule has 0 heterocycles. The van der Waals surface area contributed by atoms with Crippen molar-refractivity contribution < 1.29 is 4.79 Å². The molecule has 2 aliphatic rings. The fraction of sp³-hybridized carbons (Fsp3) is 0.923. The second-order valence-electron chi connectivity index (χ2n) is 5.28. The lowest BCUT2D eigenvalue weighted by molar-refractivity contribution is -0.134. The molecule has 0 aromatic carbocycles. The lowest BCUT2D eigenvalue weighted by Gasteiger charge is -2.43. The van der Waals surface area contributed by atoms with E-state index in [-0.39, 0.29) is 5.41 Å². The van der Waals surface area contributed by atoms with Gasteiger partial charge in [0.1, 0.15) is 5.78 Å². The average Bonchev–Trinajstić information content (AvgIpc) is 2.31. The minimum atomic E-state index is -0.0260. The van der Waals surface area contributed by atoms with Crippen molar-refractivity contribution in [2.75, 3.05) is 5.75 Å². The molecule has 0 amide bonds. The Labute approximate surface area is 98.4 Å². The number of rotatable bonds is 2. The van der Waals surface area contributed by atoms with Gasteiger partial charge in [0.25, 0.3) is 0 Å². The third-order valence-corrected chi connectivity index (χ3v) is 5.07. The van der Waals surface area contributed by atoms with Crippen LogP contribution in [0.1, 0.15) is 57.8 Å². The summed E-state index contributed by atoms with van der Waals surface area (Å²) < 4.78 is 0. The Hall–Kier alpha value is 0.0200. The van der Waals surface area contributed by atoms with Crippen LogP contribution in [0.15, 0.2) is 0 Å². The van der Waals surface area contributed by atoms with E-state index in [9.17, 15) is 4.79 Å². The number of Topliss-reactive ketones (excluding diaryl/α,β-unsaturated/α-hetero) is 1. The van der Waals surface area contributed by atoms with Crippen molar-refractivity contribution in [3.8, 4) is 0 Å². The Kier molecular flexibility index (Phi) is 3.76. The molecular weight excluding hydrogens is 204 g/mol. The smallest absolute Gasteiger partial charge is 0.140 e. The van der Waals surface area contributed by atoms with Crippen LogP contribution in [-0.4, -0.2) is 11.5 Å². The van der Waals surface area contributed by atoms with Gasteiger partial charge in [0.15, 0.2) is 0 Å². The van der Waals surface area contributed by atoms with Gasteiger partial charge in [-0.25, -0.2) is 0 Å².